The molecule has 0 saturated heterocycles. The van der Waals surface area contributed by atoms with Crippen molar-refractivity contribution in [3.8, 4) is 0 Å². The van der Waals surface area contributed by atoms with Gasteiger partial charge < -0.3 is 20.1 Å². The molecule has 0 aliphatic carbocycles. The van der Waals surface area contributed by atoms with Crippen LogP contribution in [0, 0.1) is 6.92 Å². The van der Waals surface area contributed by atoms with Gasteiger partial charge in [0.2, 0.25) is 0 Å². The number of hydrogen-bond acceptors (Lipinski definition) is 7. The first kappa shape index (κ1) is 26.9. The highest BCUT2D eigenvalue weighted by Crippen LogP contribution is 2.25. The van der Waals surface area contributed by atoms with Crippen LogP contribution in [0.25, 0.3) is 10.8 Å². The van der Waals surface area contributed by atoms with E-state index in [1.807, 2.05) is 43.3 Å². The summed E-state index contributed by atoms with van der Waals surface area (Å²) in [5, 5.41) is 7.94. The monoisotopic (exact) mass is 486 g/mol. The molecule has 3 aromatic rings. The van der Waals surface area contributed by atoms with Gasteiger partial charge in [-0.1, -0.05) is 12.1 Å². The number of aryl methyl sites for hydroxylation is 1. The van der Waals surface area contributed by atoms with Gasteiger partial charge in [0.05, 0.1) is 6.61 Å². The van der Waals surface area contributed by atoms with E-state index in [0.717, 1.165) is 33.5 Å². The molecule has 0 radical (unpaired) electrons. The molecule has 2 heterocycles. The molecule has 0 aliphatic rings. The topological polar surface area (TPSA) is 102 Å². The van der Waals surface area contributed by atoms with E-state index in [0.29, 0.717) is 0 Å². The first-order chi connectivity index (χ1) is 15.6. The molecular formula is C25H31ClN4O4. The van der Waals surface area contributed by atoms with Crippen LogP contribution in [0.4, 0.5) is 16.3 Å². The van der Waals surface area contributed by atoms with Crippen molar-refractivity contribution in [3.63, 3.8) is 0 Å². The SMILES string of the molecule is CCOC(=O)[C@H](Cc1ccc(Nc2nc(C)cc3ccncc23)cc1)NC(=O)OC(C)(C)C.Cl. The third-order valence-electron chi connectivity index (χ3n) is 4.68. The number of nitrogens with zero attached hydrogens (tertiary/aromatic N) is 2. The van der Waals surface area contributed by atoms with Gasteiger partial charge in [-0.15, -0.1) is 12.4 Å². The van der Waals surface area contributed by atoms with Gasteiger partial charge in [-0.3, -0.25) is 4.98 Å². The lowest BCUT2D eigenvalue weighted by molar-refractivity contribution is -0.145. The number of pyridine rings is 2. The fourth-order valence-corrected chi connectivity index (χ4v) is 3.30. The summed E-state index contributed by atoms with van der Waals surface area (Å²) in [6, 6.07) is 10.7. The molecule has 0 unspecified atom stereocenters. The van der Waals surface area contributed by atoms with E-state index >= 15 is 0 Å². The molecule has 3 rings (SSSR count). The smallest absolute Gasteiger partial charge is 0.408 e. The summed E-state index contributed by atoms with van der Waals surface area (Å²) in [5.74, 6) is 0.218. The van der Waals surface area contributed by atoms with Crippen LogP contribution >= 0.6 is 12.4 Å². The van der Waals surface area contributed by atoms with Gasteiger partial charge in [0, 0.05) is 35.6 Å². The Hall–Kier alpha value is -3.39. The van der Waals surface area contributed by atoms with Gasteiger partial charge in [-0.05, 0) is 69.8 Å². The van der Waals surface area contributed by atoms with Gasteiger partial charge in [-0.2, -0.15) is 0 Å². The quantitative estimate of drug-likeness (QED) is 0.447. The van der Waals surface area contributed by atoms with Crippen LogP contribution in [0.15, 0.2) is 48.8 Å². The van der Waals surface area contributed by atoms with Crippen LogP contribution in [0.5, 0.6) is 0 Å². The van der Waals surface area contributed by atoms with Gasteiger partial charge in [-0.25, -0.2) is 14.6 Å². The van der Waals surface area contributed by atoms with Crippen LogP contribution < -0.4 is 10.6 Å². The number of aromatic nitrogens is 2. The van der Waals surface area contributed by atoms with E-state index in [4.69, 9.17) is 9.47 Å². The van der Waals surface area contributed by atoms with Crippen LogP contribution in [0.1, 0.15) is 39.0 Å². The summed E-state index contributed by atoms with van der Waals surface area (Å²) >= 11 is 0. The number of carbonyl (C=O) groups is 2. The Balaban J connectivity index is 0.00000408. The van der Waals surface area contributed by atoms with Crippen LogP contribution in [-0.4, -0.2) is 40.3 Å². The summed E-state index contributed by atoms with van der Waals surface area (Å²) in [6.45, 7) is 9.18. The maximum absolute atomic E-state index is 12.4. The number of alkyl carbamates (subject to hydrolysis) is 1. The Morgan fingerprint density at radius 1 is 1.12 bits per heavy atom. The van der Waals surface area contributed by atoms with Crippen molar-refractivity contribution in [1.82, 2.24) is 15.3 Å². The summed E-state index contributed by atoms with van der Waals surface area (Å²) in [4.78, 5) is 33.4. The summed E-state index contributed by atoms with van der Waals surface area (Å²) in [5.41, 5.74) is 1.94. The van der Waals surface area contributed by atoms with Crippen LogP contribution in [0.2, 0.25) is 0 Å². The minimum atomic E-state index is -0.855. The van der Waals surface area contributed by atoms with E-state index in [1.165, 1.54) is 0 Å². The molecule has 8 nitrogen and oxygen atoms in total. The predicted octanol–water partition coefficient (Wildman–Crippen LogP) is 5.10. The van der Waals surface area contributed by atoms with Crippen molar-refractivity contribution in [3.05, 3.63) is 60.0 Å². The number of nitrogens with one attached hydrogen (secondary N) is 2. The molecule has 34 heavy (non-hydrogen) atoms. The van der Waals surface area contributed by atoms with Crippen LogP contribution in [0.3, 0.4) is 0 Å². The minimum absolute atomic E-state index is 0. The Morgan fingerprint density at radius 2 is 1.82 bits per heavy atom. The zero-order valence-electron chi connectivity index (χ0n) is 20.0. The molecule has 1 atom stereocenters. The summed E-state index contributed by atoms with van der Waals surface area (Å²) < 4.78 is 10.4. The number of benzene rings is 1. The zero-order chi connectivity index (χ0) is 24.0. The van der Waals surface area contributed by atoms with Crippen molar-refractivity contribution in [2.45, 2.75) is 52.7 Å². The zero-order valence-corrected chi connectivity index (χ0v) is 20.9. The molecule has 2 aromatic heterocycles. The molecule has 1 amide bonds. The Labute approximate surface area is 205 Å². The van der Waals surface area contributed by atoms with E-state index < -0.39 is 23.7 Å². The highest BCUT2D eigenvalue weighted by Gasteiger charge is 2.25. The average Bonchev–Trinajstić information content (AvgIpc) is 2.73. The molecule has 0 aliphatic heterocycles. The molecule has 0 spiro atoms. The van der Waals surface area contributed by atoms with Crippen molar-refractivity contribution < 1.29 is 19.1 Å². The second-order valence-electron chi connectivity index (χ2n) is 8.69. The van der Waals surface area contributed by atoms with Gasteiger partial charge in [0.1, 0.15) is 17.5 Å². The number of fused-ring (bicyclic) bond motifs is 1. The first-order valence-corrected chi connectivity index (χ1v) is 10.9. The van der Waals surface area contributed by atoms with E-state index in [1.54, 1.807) is 40.1 Å². The highest BCUT2D eigenvalue weighted by molar-refractivity contribution is 5.92. The fourth-order valence-electron chi connectivity index (χ4n) is 3.30. The third kappa shape index (κ3) is 7.59. The number of rotatable bonds is 7. The lowest BCUT2D eigenvalue weighted by Crippen LogP contribution is -2.45. The number of carbonyl (C=O) groups excluding carboxylic acids is 2. The maximum atomic E-state index is 12.4. The Kier molecular flexibility index (Phi) is 9.20. The number of hydrogen-bond donors (Lipinski definition) is 2. The van der Waals surface area contributed by atoms with Gasteiger partial charge in [0.25, 0.3) is 0 Å². The summed E-state index contributed by atoms with van der Waals surface area (Å²) in [6.07, 6.45) is 3.15. The van der Waals surface area contributed by atoms with E-state index in [9.17, 15) is 9.59 Å². The molecular weight excluding hydrogens is 456 g/mol. The lowest BCUT2D eigenvalue weighted by atomic mass is 10.1. The number of amides is 1. The molecule has 9 heteroatoms. The fraction of sp³-hybridized carbons (Fsp3) is 0.360. The normalized spacial score (nSPS) is 11.8. The summed E-state index contributed by atoms with van der Waals surface area (Å²) in [7, 11) is 0. The molecule has 182 valence electrons. The lowest BCUT2D eigenvalue weighted by Gasteiger charge is -2.23. The Morgan fingerprint density at radius 3 is 2.47 bits per heavy atom. The molecule has 1 aromatic carbocycles. The molecule has 0 saturated carbocycles. The number of ether oxygens (including phenoxy) is 2. The van der Waals surface area contributed by atoms with Crippen molar-refractivity contribution in [1.29, 1.82) is 0 Å². The van der Waals surface area contributed by atoms with E-state index in [-0.39, 0.29) is 25.4 Å². The van der Waals surface area contributed by atoms with Crippen LogP contribution in [-0.2, 0) is 20.7 Å². The van der Waals surface area contributed by atoms with Crippen molar-refractivity contribution >= 4 is 46.7 Å². The largest absolute Gasteiger partial charge is 0.464 e. The van der Waals surface area contributed by atoms with E-state index in [2.05, 4.69) is 20.6 Å². The second kappa shape index (κ2) is 11.7. The third-order valence-corrected chi connectivity index (χ3v) is 4.68. The van der Waals surface area contributed by atoms with Crippen molar-refractivity contribution in [2.75, 3.05) is 11.9 Å². The minimum Gasteiger partial charge on any atom is -0.464 e. The average molecular weight is 487 g/mol. The molecule has 0 fully saturated rings. The highest BCUT2D eigenvalue weighted by atomic mass is 35.5. The first-order valence-electron chi connectivity index (χ1n) is 10.9. The number of halogens is 1. The number of esters is 1. The number of anilines is 2. The molecule has 2 N–H and O–H groups in total. The Bertz CT molecular complexity index is 1130. The van der Waals surface area contributed by atoms with Crippen molar-refractivity contribution in [2.24, 2.45) is 0 Å². The standard InChI is InChI=1S/C25H30N4O4.ClH/c1-6-32-23(30)21(29-24(31)33-25(3,4)5)14-17-7-9-19(10-8-17)28-22-20-15-26-12-11-18(20)13-16(2)27-22;/h7-13,15,21H,6,14H2,1-5H3,(H,27,28)(H,29,31);1H/t21-;/m0./s1. The van der Waals surface area contributed by atoms with Gasteiger partial charge in [0.15, 0.2) is 0 Å². The van der Waals surface area contributed by atoms with Gasteiger partial charge >= 0.3 is 12.1 Å². The maximum Gasteiger partial charge on any atom is 0.408 e. The molecule has 0 bridgehead atoms. The second-order valence-corrected chi connectivity index (χ2v) is 8.69. The predicted molar refractivity (Wildman–Crippen MR) is 135 cm³/mol.